The van der Waals surface area contributed by atoms with Gasteiger partial charge in [0.2, 0.25) is 0 Å². The number of unbranched alkanes of at least 4 members (excludes halogenated alkanes) is 1. The van der Waals surface area contributed by atoms with Gasteiger partial charge in [0.1, 0.15) is 5.75 Å². The molecule has 0 atom stereocenters. The molecule has 9 heteroatoms. The zero-order valence-electron chi connectivity index (χ0n) is 13.3. The number of amides is 1. The largest absolute Gasteiger partial charge is 0.495 e. The second-order valence-electron chi connectivity index (χ2n) is 4.90. The molecule has 0 aliphatic heterocycles. The highest BCUT2D eigenvalue weighted by Gasteiger charge is 2.09. The van der Waals surface area contributed by atoms with Crippen molar-refractivity contribution in [2.24, 2.45) is 0 Å². The zero-order valence-corrected chi connectivity index (χ0v) is 16.5. The van der Waals surface area contributed by atoms with Crippen LogP contribution in [0.5, 0.6) is 5.75 Å². The highest BCUT2D eigenvalue weighted by Crippen LogP contribution is 2.33. The number of aryl methyl sites for hydroxylation is 1. The monoisotopic (exact) mass is 457 g/mol. The van der Waals surface area contributed by atoms with Crippen molar-refractivity contribution in [1.29, 1.82) is 0 Å². The maximum absolute atomic E-state index is 12.0. The van der Waals surface area contributed by atoms with Crippen LogP contribution in [0, 0.1) is 0 Å². The van der Waals surface area contributed by atoms with E-state index >= 15 is 0 Å². The number of hydrogen-bond acceptors (Lipinski definition) is 5. The lowest BCUT2D eigenvalue weighted by Crippen LogP contribution is -2.10. The van der Waals surface area contributed by atoms with Crippen molar-refractivity contribution < 1.29 is 9.53 Å². The van der Waals surface area contributed by atoms with Crippen LogP contribution in [-0.4, -0.2) is 33.2 Å². The molecule has 0 saturated carbocycles. The van der Waals surface area contributed by atoms with E-state index in [4.69, 9.17) is 4.74 Å². The molecule has 0 fully saturated rings. The molecule has 0 aliphatic carbocycles. The van der Waals surface area contributed by atoms with Gasteiger partial charge in [0.25, 0.3) is 11.9 Å². The van der Waals surface area contributed by atoms with Crippen LogP contribution in [0.25, 0.3) is 6.08 Å². The van der Waals surface area contributed by atoms with Crippen LogP contribution in [0.2, 0.25) is 0 Å². The summed E-state index contributed by atoms with van der Waals surface area (Å²) in [7, 11) is 1.57. The summed E-state index contributed by atoms with van der Waals surface area (Å²) >= 11 is 6.83. The minimum Gasteiger partial charge on any atom is -0.495 e. The molecule has 0 saturated heterocycles. The van der Waals surface area contributed by atoms with Gasteiger partial charge in [-0.3, -0.25) is 10.1 Å². The molecule has 1 aromatic carbocycles. The molecule has 7 nitrogen and oxygen atoms in total. The summed E-state index contributed by atoms with van der Waals surface area (Å²) in [5.41, 5.74) is 0.758. The summed E-state index contributed by atoms with van der Waals surface area (Å²) in [5.74, 6) is 0.484. The first-order chi connectivity index (χ1) is 11.5. The molecule has 1 N–H and O–H groups in total. The van der Waals surface area contributed by atoms with E-state index in [-0.39, 0.29) is 11.9 Å². The van der Waals surface area contributed by atoms with Crippen molar-refractivity contribution in [2.75, 3.05) is 12.4 Å². The van der Waals surface area contributed by atoms with E-state index in [2.05, 4.69) is 59.5 Å². The van der Waals surface area contributed by atoms with Gasteiger partial charge in [-0.15, -0.1) is 5.10 Å². The van der Waals surface area contributed by atoms with Crippen LogP contribution in [0.3, 0.4) is 0 Å². The maximum Gasteiger partial charge on any atom is 0.270 e. The number of hydrogen-bond donors (Lipinski definition) is 1. The van der Waals surface area contributed by atoms with E-state index < -0.39 is 0 Å². The average molecular weight is 459 g/mol. The van der Waals surface area contributed by atoms with E-state index in [0.717, 1.165) is 27.4 Å². The molecule has 0 aliphatic rings. The highest BCUT2D eigenvalue weighted by atomic mass is 79.9. The molecule has 0 radical (unpaired) electrons. The Hall–Kier alpha value is -1.74. The normalized spacial score (nSPS) is 11.0. The summed E-state index contributed by atoms with van der Waals surface area (Å²) in [6.45, 7) is 2.76. The minimum atomic E-state index is -0.344. The number of nitrogens with zero attached hydrogens (tertiary/aromatic N) is 4. The van der Waals surface area contributed by atoms with Gasteiger partial charge in [0.05, 0.1) is 18.1 Å². The predicted octanol–water partition coefficient (Wildman–Crippen LogP) is 3.66. The van der Waals surface area contributed by atoms with Crippen molar-refractivity contribution in [3.8, 4) is 5.75 Å². The Morgan fingerprint density at radius 3 is 2.92 bits per heavy atom. The molecule has 0 spiro atoms. The van der Waals surface area contributed by atoms with Crippen molar-refractivity contribution in [3.63, 3.8) is 0 Å². The molecule has 1 aromatic heterocycles. The van der Waals surface area contributed by atoms with Gasteiger partial charge in [-0.1, -0.05) is 34.4 Å². The summed E-state index contributed by atoms with van der Waals surface area (Å²) in [6.07, 6.45) is 5.05. The summed E-state index contributed by atoms with van der Waals surface area (Å²) < 4.78 is 7.00. The molecule has 0 bridgehead atoms. The average Bonchev–Trinajstić information content (AvgIpc) is 2.97. The van der Waals surface area contributed by atoms with Crippen LogP contribution in [0.4, 0.5) is 5.95 Å². The quantitative estimate of drug-likeness (QED) is 0.640. The Morgan fingerprint density at radius 1 is 1.42 bits per heavy atom. The van der Waals surface area contributed by atoms with Crippen molar-refractivity contribution in [3.05, 3.63) is 32.7 Å². The van der Waals surface area contributed by atoms with Crippen LogP contribution in [0.15, 0.2) is 27.2 Å². The Morgan fingerprint density at radius 2 is 2.21 bits per heavy atom. The number of benzene rings is 1. The number of ether oxygens (including phenoxy) is 1. The van der Waals surface area contributed by atoms with Crippen LogP contribution in [0.1, 0.15) is 25.3 Å². The molecule has 128 valence electrons. The number of carbonyl (C=O) groups excluding carboxylic acids is 1. The standard InChI is InChI=1S/C15H17Br2N5O2/c1-3-4-7-22-20-15(19-21-22)18-13(23)6-5-10-8-11(16)9-12(17)14(10)24-2/h5-6,8-9H,3-4,7H2,1-2H3,(H,18,20,23). The zero-order chi connectivity index (χ0) is 17.5. The smallest absolute Gasteiger partial charge is 0.270 e. The van der Waals surface area contributed by atoms with E-state index in [1.165, 1.54) is 10.9 Å². The Labute approximate surface area is 156 Å². The summed E-state index contributed by atoms with van der Waals surface area (Å²) in [4.78, 5) is 13.5. The molecule has 1 amide bonds. The van der Waals surface area contributed by atoms with Gasteiger partial charge in [-0.2, -0.15) is 4.80 Å². The molecule has 2 aromatic rings. The third-order valence-electron chi connectivity index (χ3n) is 3.06. The number of aromatic nitrogens is 4. The molecule has 2 rings (SSSR count). The van der Waals surface area contributed by atoms with Crippen molar-refractivity contribution in [1.82, 2.24) is 20.2 Å². The Bertz CT molecular complexity index is 745. The van der Waals surface area contributed by atoms with E-state index in [1.54, 1.807) is 13.2 Å². The van der Waals surface area contributed by atoms with Gasteiger partial charge >= 0.3 is 0 Å². The first-order valence-corrected chi connectivity index (χ1v) is 8.92. The summed E-state index contributed by atoms with van der Waals surface area (Å²) in [6, 6.07) is 3.72. The third kappa shape index (κ3) is 5.13. The lowest BCUT2D eigenvalue weighted by molar-refractivity contribution is -0.111. The van der Waals surface area contributed by atoms with Gasteiger partial charge in [0, 0.05) is 16.1 Å². The fraction of sp³-hybridized carbons (Fsp3) is 0.333. The van der Waals surface area contributed by atoms with E-state index in [0.29, 0.717) is 12.3 Å². The van der Waals surface area contributed by atoms with E-state index in [1.807, 2.05) is 12.1 Å². The second kappa shape index (κ2) is 8.93. The van der Waals surface area contributed by atoms with Crippen molar-refractivity contribution in [2.45, 2.75) is 26.3 Å². The fourth-order valence-corrected chi connectivity index (χ4v) is 3.34. The Kier molecular flexibility index (Phi) is 6.92. The molecule has 1 heterocycles. The molecular formula is C15H17Br2N5O2. The fourth-order valence-electron chi connectivity index (χ4n) is 1.92. The van der Waals surface area contributed by atoms with Crippen LogP contribution < -0.4 is 10.1 Å². The van der Waals surface area contributed by atoms with Gasteiger partial charge < -0.3 is 4.74 Å². The van der Waals surface area contributed by atoms with Crippen molar-refractivity contribution >= 4 is 49.8 Å². The minimum absolute atomic E-state index is 0.183. The Balaban J connectivity index is 2.04. The SMILES string of the molecule is CCCCn1nnc(NC(=O)C=Cc2cc(Br)cc(Br)c2OC)n1. The van der Waals surface area contributed by atoms with Gasteiger partial charge in [0.15, 0.2) is 0 Å². The number of methoxy groups -OCH3 is 1. The topological polar surface area (TPSA) is 81.9 Å². The second-order valence-corrected chi connectivity index (χ2v) is 6.67. The number of tetrazole rings is 1. The summed E-state index contributed by atoms with van der Waals surface area (Å²) in [5, 5.41) is 14.4. The predicted molar refractivity (Wildman–Crippen MR) is 98.8 cm³/mol. The van der Waals surface area contributed by atoms with Crippen LogP contribution >= 0.6 is 31.9 Å². The molecule has 24 heavy (non-hydrogen) atoms. The lowest BCUT2D eigenvalue weighted by Gasteiger charge is -2.08. The molecule has 0 unspecified atom stereocenters. The third-order valence-corrected chi connectivity index (χ3v) is 4.10. The van der Waals surface area contributed by atoms with Gasteiger partial charge in [-0.05, 0) is 45.8 Å². The maximum atomic E-state index is 12.0. The van der Waals surface area contributed by atoms with Gasteiger partial charge in [-0.25, -0.2) is 0 Å². The number of anilines is 1. The number of halogens is 2. The number of carbonyl (C=O) groups is 1. The lowest BCUT2D eigenvalue weighted by atomic mass is 10.2. The molecular weight excluding hydrogens is 442 g/mol. The van der Waals surface area contributed by atoms with Crippen LogP contribution in [-0.2, 0) is 11.3 Å². The number of rotatable bonds is 7. The first kappa shape index (κ1) is 18.6. The first-order valence-electron chi connectivity index (χ1n) is 7.33. The van der Waals surface area contributed by atoms with E-state index in [9.17, 15) is 4.79 Å². The number of nitrogens with one attached hydrogen (secondary N) is 1. The highest BCUT2D eigenvalue weighted by molar-refractivity contribution is 9.11.